The topological polar surface area (TPSA) is 74.8 Å². The highest BCUT2D eigenvalue weighted by Gasteiger charge is 2.42. The number of fused-ring (bicyclic) bond motifs is 2. The van der Waals surface area contributed by atoms with E-state index in [1.807, 2.05) is 23.6 Å². The van der Waals surface area contributed by atoms with Crippen molar-refractivity contribution in [2.45, 2.75) is 29.7 Å². The van der Waals surface area contributed by atoms with Gasteiger partial charge < -0.3 is 10.3 Å². The van der Waals surface area contributed by atoms with Gasteiger partial charge in [-0.2, -0.15) is 0 Å². The number of aromatic nitrogens is 2. The summed E-state index contributed by atoms with van der Waals surface area (Å²) in [6.45, 7) is 0. The molecule has 0 saturated carbocycles. The van der Waals surface area contributed by atoms with E-state index in [4.69, 9.17) is 0 Å². The minimum atomic E-state index is -0.385. The van der Waals surface area contributed by atoms with Gasteiger partial charge in [-0.05, 0) is 29.5 Å². The number of hydrogen-bond donors (Lipinski definition) is 2. The number of aromatic amines is 1. The molecular weight excluding hydrogens is 421 g/mol. The highest BCUT2D eigenvalue weighted by molar-refractivity contribution is 7.98. The van der Waals surface area contributed by atoms with E-state index >= 15 is 0 Å². The maximum absolute atomic E-state index is 13.9. The van der Waals surface area contributed by atoms with Crippen molar-refractivity contribution in [1.29, 1.82) is 0 Å². The van der Waals surface area contributed by atoms with Crippen LogP contribution in [0.25, 0.3) is 0 Å². The quantitative estimate of drug-likeness (QED) is 0.456. The van der Waals surface area contributed by atoms with Gasteiger partial charge in [0.2, 0.25) is 0 Å². The summed E-state index contributed by atoms with van der Waals surface area (Å²) < 4.78 is 13.9. The molecule has 3 aromatic rings. The Hall–Kier alpha value is -2.71. The molecule has 0 unspecified atom stereocenters. The minimum absolute atomic E-state index is 0.140. The van der Waals surface area contributed by atoms with Gasteiger partial charge in [0.15, 0.2) is 5.16 Å². The standard InChI is InChI=1S/C22H18FN3O2S2/c23-13-6-2-1-5-12(13)11-30-22-25-20-19(21(28)26-22)18(16-9-4-10-29-16)17-14(24-20)7-3-8-15(17)27/h1-2,4-7,9-10,17-18H,3,8,11H2,(H2,24,25,26,28)/t17-,18-/m1/s1. The van der Waals surface area contributed by atoms with Crippen LogP contribution in [0.5, 0.6) is 0 Å². The van der Waals surface area contributed by atoms with Crippen molar-refractivity contribution in [2.24, 2.45) is 5.92 Å². The molecule has 0 fully saturated rings. The molecule has 1 aliphatic carbocycles. The van der Waals surface area contributed by atoms with Crippen LogP contribution in [0.2, 0.25) is 0 Å². The molecule has 2 atom stereocenters. The third kappa shape index (κ3) is 3.40. The summed E-state index contributed by atoms with van der Waals surface area (Å²) >= 11 is 2.81. The molecular formula is C22H18FN3O2S2. The average molecular weight is 440 g/mol. The Morgan fingerprint density at radius 3 is 2.83 bits per heavy atom. The molecule has 0 spiro atoms. The Morgan fingerprint density at radius 2 is 2.03 bits per heavy atom. The predicted molar refractivity (Wildman–Crippen MR) is 116 cm³/mol. The number of Topliss-reactive ketones (excluding diaryl/α,β-unsaturated/α-hetero) is 1. The maximum Gasteiger partial charge on any atom is 0.257 e. The summed E-state index contributed by atoms with van der Waals surface area (Å²) in [6, 6.07) is 10.4. The number of nitrogens with zero attached hydrogens (tertiary/aromatic N) is 1. The Balaban J connectivity index is 1.55. The summed E-state index contributed by atoms with van der Waals surface area (Å²) in [7, 11) is 0. The summed E-state index contributed by atoms with van der Waals surface area (Å²) in [5, 5.41) is 5.61. The third-order valence-corrected chi connectivity index (χ3v) is 7.33. The van der Waals surface area contributed by atoms with Crippen LogP contribution in [0, 0.1) is 11.7 Å². The predicted octanol–water partition coefficient (Wildman–Crippen LogP) is 4.68. The Labute approximate surface area is 180 Å². The fraction of sp³-hybridized carbons (Fsp3) is 0.227. The average Bonchev–Trinajstić information content (AvgIpc) is 3.26. The second kappa shape index (κ2) is 7.85. The number of rotatable bonds is 4. The number of carbonyl (C=O) groups is 1. The molecule has 0 amide bonds. The van der Waals surface area contributed by atoms with Crippen molar-refractivity contribution in [1.82, 2.24) is 9.97 Å². The van der Waals surface area contributed by atoms with E-state index in [1.54, 1.807) is 18.2 Å². The molecule has 3 heterocycles. The van der Waals surface area contributed by atoms with E-state index in [0.717, 1.165) is 10.6 Å². The van der Waals surface area contributed by atoms with Crippen molar-refractivity contribution in [3.63, 3.8) is 0 Å². The zero-order valence-corrected chi connectivity index (χ0v) is 17.5. The van der Waals surface area contributed by atoms with Gasteiger partial charge in [0.05, 0.1) is 11.5 Å². The third-order valence-electron chi connectivity index (χ3n) is 5.45. The SMILES string of the molecule is O=C1CCC=C2Nc3nc(SCc4ccccc4F)[nH]c(=O)c3[C@H](c3cccs3)[C@@H]12. The molecule has 1 aliphatic heterocycles. The van der Waals surface area contributed by atoms with Gasteiger partial charge in [0.1, 0.15) is 17.4 Å². The lowest BCUT2D eigenvalue weighted by Gasteiger charge is -2.35. The van der Waals surface area contributed by atoms with Gasteiger partial charge in [-0.1, -0.05) is 42.1 Å². The molecule has 30 heavy (non-hydrogen) atoms. The monoisotopic (exact) mass is 439 g/mol. The number of halogens is 1. The lowest BCUT2D eigenvalue weighted by atomic mass is 9.74. The Bertz CT molecular complexity index is 1200. The van der Waals surface area contributed by atoms with E-state index in [2.05, 4.69) is 15.3 Å². The molecule has 8 heteroatoms. The molecule has 5 rings (SSSR count). The molecule has 2 N–H and O–H groups in total. The highest BCUT2D eigenvalue weighted by atomic mass is 32.2. The van der Waals surface area contributed by atoms with Crippen molar-refractivity contribution in [3.05, 3.63) is 85.7 Å². The first-order valence-corrected chi connectivity index (χ1v) is 11.5. The van der Waals surface area contributed by atoms with Crippen LogP contribution in [0.3, 0.4) is 0 Å². The van der Waals surface area contributed by atoms with E-state index in [-0.39, 0.29) is 29.0 Å². The number of ketones is 1. The number of H-pyrrole nitrogens is 1. The summed E-state index contributed by atoms with van der Waals surface area (Å²) in [6.07, 6.45) is 3.20. The number of allylic oxidation sites excluding steroid dienone is 2. The minimum Gasteiger partial charge on any atom is -0.343 e. The summed E-state index contributed by atoms with van der Waals surface area (Å²) in [5.74, 6) is -0.0411. The van der Waals surface area contributed by atoms with Crippen LogP contribution in [-0.4, -0.2) is 15.8 Å². The first kappa shape index (κ1) is 19.3. The number of thioether (sulfide) groups is 1. The van der Waals surface area contributed by atoms with Crippen LogP contribution in [-0.2, 0) is 10.5 Å². The molecule has 0 bridgehead atoms. The van der Waals surface area contributed by atoms with E-state index in [1.165, 1.54) is 29.2 Å². The number of benzene rings is 1. The molecule has 2 aromatic heterocycles. The van der Waals surface area contributed by atoms with Crippen molar-refractivity contribution in [3.8, 4) is 0 Å². The second-order valence-electron chi connectivity index (χ2n) is 7.27. The molecule has 1 aromatic carbocycles. The van der Waals surface area contributed by atoms with Crippen molar-refractivity contribution >= 4 is 34.7 Å². The first-order valence-electron chi connectivity index (χ1n) is 9.65. The van der Waals surface area contributed by atoms with Crippen LogP contribution in [0.15, 0.2) is 63.5 Å². The summed E-state index contributed by atoms with van der Waals surface area (Å²) in [5.41, 5.74) is 1.60. The molecule has 2 aliphatic rings. The zero-order valence-electron chi connectivity index (χ0n) is 15.9. The number of nitrogens with one attached hydrogen (secondary N) is 2. The van der Waals surface area contributed by atoms with E-state index in [0.29, 0.717) is 40.7 Å². The van der Waals surface area contributed by atoms with Crippen LogP contribution in [0.4, 0.5) is 10.2 Å². The molecule has 0 saturated heterocycles. The number of hydrogen-bond acceptors (Lipinski definition) is 6. The van der Waals surface area contributed by atoms with Crippen molar-refractivity contribution in [2.75, 3.05) is 5.32 Å². The van der Waals surface area contributed by atoms with Gasteiger partial charge in [-0.25, -0.2) is 9.37 Å². The first-order chi connectivity index (χ1) is 14.6. The smallest absolute Gasteiger partial charge is 0.257 e. The molecule has 0 radical (unpaired) electrons. The lowest BCUT2D eigenvalue weighted by molar-refractivity contribution is -0.122. The molecule has 5 nitrogen and oxygen atoms in total. The number of anilines is 1. The lowest BCUT2D eigenvalue weighted by Crippen LogP contribution is -2.38. The van der Waals surface area contributed by atoms with Gasteiger partial charge in [0.25, 0.3) is 5.56 Å². The second-order valence-corrected chi connectivity index (χ2v) is 9.22. The van der Waals surface area contributed by atoms with Gasteiger partial charge in [-0.3, -0.25) is 9.59 Å². The fourth-order valence-electron chi connectivity index (χ4n) is 4.07. The van der Waals surface area contributed by atoms with Crippen LogP contribution < -0.4 is 10.9 Å². The van der Waals surface area contributed by atoms with E-state index in [9.17, 15) is 14.0 Å². The number of thiophene rings is 1. The highest BCUT2D eigenvalue weighted by Crippen LogP contribution is 2.46. The Morgan fingerprint density at radius 1 is 1.17 bits per heavy atom. The van der Waals surface area contributed by atoms with Crippen LogP contribution in [0.1, 0.15) is 34.8 Å². The normalized spacial score (nSPS) is 20.2. The molecule has 152 valence electrons. The van der Waals surface area contributed by atoms with Crippen molar-refractivity contribution < 1.29 is 9.18 Å². The summed E-state index contributed by atoms with van der Waals surface area (Å²) in [4.78, 5) is 34.3. The number of carbonyl (C=O) groups excluding carboxylic acids is 1. The van der Waals surface area contributed by atoms with Crippen LogP contribution >= 0.6 is 23.1 Å². The maximum atomic E-state index is 13.9. The zero-order chi connectivity index (χ0) is 20.7. The van der Waals surface area contributed by atoms with Gasteiger partial charge in [-0.15, -0.1) is 11.3 Å². The Kier molecular flexibility index (Phi) is 5.04. The fourth-order valence-corrected chi connectivity index (χ4v) is 5.79. The van der Waals surface area contributed by atoms with E-state index < -0.39 is 0 Å². The van der Waals surface area contributed by atoms with Gasteiger partial charge in [0, 0.05) is 28.7 Å². The van der Waals surface area contributed by atoms with Gasteiger partial charge >= 0.3 is 0 Å². The largest absolute Gasteiger partial charge is 0.343 e.